The average Bonchev–Trinajstić information content (AvgIpc) is 2.29. The van der Waals surface area contributed by atoms with Gasteiger partial charge in [0.25, 0.3) is 0 Å². The lowest BCUT2D eigenvalue weighted by Gasteiger charge is -2.05. The molecule has 0 aromatic heterocycles. The van der Waals surface area contributed by atoms with E-state index in [0.29, 0.717) is 17.1 Å². The van der Waals surface area contributed by atoms with Crippen LogP contribution in [-0.2, 0) is 10.5 Å². The van der Waals surface area contributed by atoms with Gasteiger partial charge in [-0.3, -0.25) is 0 Å². The number of aliphatic hydroxyl groups is 1. The summed E-state index contributed by atoms with van der Waals surface area (Å²) >= 11 is 1.51. The second-order valence-corrected chi connectivity index (χ2v) is 4.40. The molecule has 3 nitrogen and oxygen atoms in total. The van der Waals surface area contributed by atoms with Gasteiger partial charge in [0, 0.05) is 17.6 Å². The molecule has 0 aliphatic carbocycles. The molecule has 0 saturated carbocycles. The molecule has 5 heteroatoms. The molecule has 0 atom stereocenters. The Morgan fingerprint density at radius 1 is 1.47 bits per heavy atom. The van der Waals surface area contributed by atoms with Crippen molar-refractivity contribution in [2.75, 3.05) is 12.4 Å². The Balaban J connectivity index is 2.83. The topological polar surface area (TPSA) is 57.5 Å². The SMILES string of the molecule is O=C(O)C=Cc1cc(F)ccc1CSCCO. The number of carboxylic acids is 1. The molecular formula is C12H13FO3S. The molecular weight excluding hydrogens is 243 g/mol. The van der Waals surface area contributed by atoms with Gasteiger partial charge < -0.3 is 10.2 Å². The van der Waals surface area contributed by atoms with Gasteiger partial charge in [-0.15, -0.1) is 0 Å². The number of hydrogen-bond donors (Lipinski definition) is 2. The van der Waals surface area contributed by atoms with Crippen molar-refractivity contribution < 1.29 is 19.4 Å². The van der Waals surface area contributed by atoms with Crippen molar-refractivity contribution >= 4 is 23.8 Å². The van der Waals surface area contributed by atoms with E-state index in [1.807, 2.05) is 0 Å². The van der Waals surface area contributed by atoms with Crippen LogP contribution in [0.2, 0.25) is 0 Å². The molecule has 0 fully saturated rings. The molecule has 1 rings (SSSR count). The number of halogens is 1. The zero-order valence-electron chi connectivity index (χ0n) is 9.10. The van der Waals surface area contributed by atoms with E-state index in [2.05, 4.69) is 0 Å². The first-order chi connectivity index (χ1) is 8.13. The fourth-order valence-corrected chi connectivity index (χ4v) is 2.02. The first-order valence-electron chi connectivity index (χ1n) is 5.01. The van der Waals surface area contributed by atoms with E-state index in [9.17, 15) is 9.18 Å². The number of carbonyl (C=O) groups is 1. The summed E-state index contributed by atoms with van der Waals surface area (Å²) in [4.78, 5) is 10.4. The number of benzene rings is 1. The van der Waals surface area contributed by atoms with Crippen LogP contribution in [0.25, 0.3) is 6.08 Å². The summed E-state index contributed by atoms with van der Waals surface area (Å²) < 4.78 is 13.0. The maximum absolute atomic E-state index is 13.0. The molecule has 0 amide bonds. The highest BCUT2D eigenvalue weighted by Crippen LogP contribution is 2.19. The van der Waals surface area contributed by atoms with E-state index >= 15 is 0 Å². The molecule has 0 radical (unpaired) electrons. The van der Waals surface area contributed by atoms with Crippen LogP contribution in [0.1, 0.15) is 11.1 Å². The number of hydrogen-bond acceptors (Lipinski definition) is 3. The van der Waals surface area contributed by atoms with E-state index in [-0.39, 0.29) is 6.61 Å². The van der Waals surface area contributed by atoms with E-state index in [4.69, 9.17) is 10.2 Å². The number of carboxylic acid groups (broad SMARTS) is 1. The monoisotopic (exact) mass is 256 g/mol. The van der Waals surface area contributed by atoms with Gasteiger partial charge in [-0.2, -0.15) is 11.8 Å². The zero-order chi connectivity index (χ0) is 12.7. The minimum atomic E-state index is -1.07. The van der Waals surface area contributed by atoms with Gasteiger partial charge in [0.1, 0.15) is 5.82 Å². The van der Waals surface area contributed by atoms with Crippen molar-refractivity contribution in [2.24, 2.45) is 0 Å². The third-order valence-corrected chi connectivity index (χ3v) is 2.99. The van der Waals surface area contributed by atoms with Crippen LogP contribution in [0.15, 0.2) is 24.3 Å². The van der Waals surface area contributed by atoms with E-state index in [0.717, 1.165) is 11.6 Å². The number of aliphatic hydroxyl groups excluding tert-OH is 1. The Hall–Kier alpha value is -1.33. The van der Waals surface area contributed by atoms with Gasteiger partial charge in [-0.05, 0) is 29.3 Å². The third-order valence-electron chi connectivity index (χ3n) is 2.01. The Morgan fingerprint density at radius 2 is 2.24 bits per heavy atom. The largest absolute Gasteiger partial charge is 0.478 e. The Kier molecular flexibility index (Phi) is 5.72. The lowest BCUT2D eigenvalue weighted by Crippen LogP contribution is -1.93. The zero-order valence-corrected chi connectivity index (χ0v) is 9.91. The van der Waals surface area contributed by atoms with Crippen molar-refractivity contribution in [2.45, 2.75) is 5.75 Å². The van der Waals surface area contributed by atoms with Gasteiger partial charge in [-0.1, -0.05) is 6.07 Å². The minimum absolute atomic E-state index is 0.0894. The summed E-state index contributed by atoms with van der Waals surface area (Å²) in [7, 11) is 0. The summed E-state index contributed by atoms with van der Waals surface area (Å²) in [6.45, 7) is 0.0894. The standard InChI is InChI=1S/C12H13FO3S/c13-11-3-1-10(8-17-6-5-14)9(7-11)2-4-12(15)16/h1-4,7,14H,5-6,8H2,(H,15,16). The van der Waals surface area contributed by atoms with Crippen molar-refractivity contribution in [1.82, 2.24) is 0 Å². The summed E-state index contributed by atoms with van der Waals surface area (Å²) in [5.41, 5.74) is 1.40. The fourth-order valence-electron chi connectivity index (χ4n) is 1.26. The van der Waals surface area contributed by atoms with Crippen molar-refractivity contribution in [1.29, 1.82) is 0 Å². The first kappa shape index (κ1) is 13.7. The minimum Gasteiger partial charge on any atom is -0.478 e. The molecule has 0 aliphatic heterocycles. The van der Waals surface area contributed by atoms with Crippen molar-refractivity contribution in [3.63, 3.8) is 0 Å². The lowest BCUT2D eigenvalue weighted by molar-refractivity contribution is -0.131. The molecule has 0 spiro atoms. The van der Waals surface area contributed by atoms with E-state index < -0.39 is 11.8 Å². The molecule has 0 bridgehead atoms. The molecule has 17 heavy (non-hydrogen) atoms. The van der Waals surface area contributed by atoms with Crippen LogP contribution in [0.3, 0.4) is 0 Å². The molecule has 1 aromatic rings. The predicted molar refractivity (Wildman–Crippen MR) is 66.3 cm³/mol. The van der Waals surface area contributed by atoms with Gasteiger partial charge in [0.15, 0.2) is 0 Å². The Bertz CT molecular complexity index is 418. The molecule has 0 unspecified atom stereocenters. The quantitative estimate of drug-likeness (QED) is 0.605. The predicted octanol–water partition coefficient (Wildman–Crippen LogP) is 2.15. The second-order valence-electron chi connectivity index (χ2n) is 3.29. The van der Waals surface area contributed by atoms with Crippen LogP contribution in [-0.4, -0.2) is 28.5 Å². The molecule has 0 saturated heterocycles. The van der Waals surface area contributed by atoms with Crippen molar-refractivity contribution in [3.05, 3.63) is 41.2 Å². The summed E-state index contributed by atoms with van der Waals surface area (Å²) in [5.74, 6) is -0.256. The van der Waals surface area contributed by atoms with E-state index in [1.54, 1.807) is 6.07 Å². The average molecular weight is 256 g/mol. The summed E-state index contributed by atoms with van der Waals surface area (Å²) in [6.07, 6.45) is 2.36. The van der Waals surface area contributed by atoms with Crippen LogP contribution in [0.5, 0.6) is 0 Å². The molecule has 1 aromatic carbocycles. The van der Waals surface area contributed by atoms with Crippen LogP contribution >= 0.6 is 11.8 Å². The van der Waals surface area contributed by atoms with Crippen LogP contribution in [0, 0.1) is 5.82 Å². The van der Waals surface area contributed by atoms with Crippen molar-refractivity contribution in [3.8, 4) is 0 Å². The molecule has 0 heterocycles. The normalized spacial score (nSPS) is 10.9. The van der Waals surface area contributed by atoms with Gasteiger partial charge in [0.2, 0.25) is 0 Å². The Labute approximate surface area is 103 Å². The second kappa shape index (κ2) is 7.09. The van der Waals surface area contributed by atoms with Gasteiger partial charge in [0.05, 0.1) is 6.61 Å². The molecule has 92 valence electrons. The highest BCUT2D eigenvalue weighted by atomic mass is 32.2. The highest BCUT2D eigenvalue weighted by Gasteiger charge is 2.02. The lowest BCUT2D eigenvalue weighted by atomic mass is 10.1. The summed E-state index contributed by atoms with van der Waals surface area (Å²) in [5, 5.41) is 17.2. The van der Waals surface area contributed by atoms with Gasteiger partial charge in [-0.25, -0.2) is 9.18 Å². The van der Waals surface area contributed by atoms with Gasteiger partial charge >= 0.3 is 5.97 Å². The van der Waals surface area contributed by atoms with Crippen LogP contribution in [0.4, 0.5) is 4.39 Å². The maximum atomic E-state index is 13.0. The number of aliphatic carboxylic acids is 1. The van der Waals surface area contributed by atoms with E-state index in [1.165, 1.54) is 30.0 Å². The molecule has 2 N–H and O–H groups in total. The number of thioether (sulfide) groups is 1. The molecule has 0 aliphatic rings. The number of rotatable bonds is 6. The fraction of sp³-hybridized carbons (Fsp3) is 0.250. The third kappa shape index (κ3) is 5.01. The first-order valence-corrected chi connectivity index (χ1v) is 6.17. The smallest absolute Gasteiger partial charge is 0.328 e. The maximum Gasteiger partial charge on any atom is 0.328 e. The Morgan fingerprint density at radius 3 is 2.88 bits per heavy atom. The van der Waals surface area contributed by atoms with Crippen LogP contribution < -0.4 is 0 Å². The highest BCUT2D eigenvalue weighted by molar-refractivity contribution is 7.98. The summed E-state index contributed by atoms with van der Waals surface area (Å²) in [6, 6.07) is 4.27.